The topological polar surface area (TPSA) is 78.5 Å². The van der Waals surface area contributed by atoms with Crippen molar-refractivity contribution in [2.24, 2.45) is 0 Å². The van der Waals surface area contributed by atoms with Crippen molar-refractivity contribution in [3.63, 3.8) is 0 Å². The van der Waals surface area contributed by atoms with Gasteiger partial charge in [-0.3, -0.25) is 14.4 Å². The molecular weight excluding hydrogens is 509 g/mol. The fraction of sp³-hybridized carbons (Fsp3) is 0.115. The molecule has 4 rings (SSSR count). The second-order valence-electron chi connectivity index (χ2n) is 8.13. The Morgan fingerprint density at radius 2 is 1.60 bits per heavy atom. The van der Waals surface area contributed by atoms with E-state index in [1.807, 2.05) is 38.1 Å². The zero-order valence-corrected chi connectivity index (χ0v) is 21.0. The fourth-order valence-electron chi connectivity index (χ4n) is 3.66. The average molecular weight is 529 g/mol. The number of rotatable bonds is 6. The zero-order chi connectivity index (χ0) is 25.3. The van der Waals surface area contributed by atoms with Crippen molar-refractivity contribution in [1.29, 1.82) is 0 Å². The van der Waals surface area contributed by atoms with Crippen molar-refractivity contribution >= 4 is 69.6 Å². The van der Waals surface area contributed by atoms with Gasteiger partial charge in [0.2, 0.25) is 0 Å². The molecule has 2 N–H and O–H groups in total. The van der Waals surface area contributed by atoms with E-state index in [1.165, 1.54) is 18.2 Å². The number of nitrogens with zero attached hydrogens (tertiary/aromatic N) is 1. The minimum absolute atomic E-state index is 0.106. The number of carbonyl (C=O) groups excluding carboxylic acids is 3. The fourth-order valence-corrected chi connectivity index (χ4v) is 4.17. The maximum Gasteiger partial charge on any atom is 0.283 e. The highest BCUT2D eigenvalue weighted by atomic mass is 35.5. The van der Waals surface area contributed by atoms with Crippen molar-refractivity contribution in [3.8, 4) is 0 Å². The highest BCUT2D eigenvalue weighted by molar-refractivity contribution is 6.53. The second kappa shape index (κ2) is 10.1. The summed E-state index contributed by atoms with van der Waals surface area (Å²) in [6, 6.07) is 18.5. The van der Waals surface area contributed by atoms with E-state index in [9.17, 15) is 14.4 Å². The lowest BCUT2D eigenvalue weighted by Crippen LogP contribution is -2.32. The minimum Gasteiger partial charge on any atom is -0.350 e. The third-order valence-electron chi connectivity index (χ3n) is 5.41. The molecule has 9 heteroatoms. The van der Waals surface area contributed by atoms with Gasteiger partial charge in [0, 0.05) is 16.9 Å². The first-order valence-corrected chi connectivity index (χ1v) is 11.8. The van der Waals surface area contributed by atoms with Crippen LogP contribution < -0.4 is 15.5 Å². The summed E-state index contributed by atoms with van der Waals surface area (Å²) >= 11 is 18.2. The lowest BCUT2D eigenvalue weighted by atomic mass is 10.0. The highest BCUT2D eigenvalue weighted by Crippen LogP contribution is 2.34. The Labute approximate surface area is 217 Å². The number of imide groups is 1. The van der Waals surface area contributed by atoms with Crippen molar-refractivity contribution in [3.05, 3.63) is 98.6 Å². The van der Waals surface area contributed by atoms with Crippen molar-refractivity contribution < 1.29 is 14.4 Å². The SMILES string of the molecule is CC(C)c1ccccc1NC(=O)c1cccc(NC2=C(Cl)C(=O)N(c3ccc(Cl)c(Cl)c3)C2=O)c1. The summed E-state index contributed by atoms with van der Waals surface area (Å²) in [6.07, 6.45) is 0. The Bertz CT molecular complexity index is 1390. The number of hydrogen-bond acceptors (Lipinski definition) is 4. The van der Waals surface area contributed by atoms with Gasteiger partial charge in [-0.2, -0.15) is 0 Å². The molecular formula is C26H20Cl3N3O3. The number of halogens is 3. The van der Waals surface area contributed by atoms with Crippen molar-refractivity contribution in [2.75, 3.05) is 15.5 Å². The van der Waals surface area contributed by atoms with E-state index in [4.69, 9.17) is 34.8 Å². The second-order valence-corrected chi connectivity index (χ2v) is 9.33. The molecule has 0 atom stereocenters. The molecule has 0 radical (unpaired) electrons. The van der Waals surface area contributed by atoms with Gasteiger partial charge in [-0.25, -0.2) is 4.90 Å². The van der Waals surface area contributed by atoms with E-state index in [-0.39, 0.29) is 38.3 Å². The summed E-state index contributed by atoms with van der Waals surface area (Å²) < 4.78 is 0. The molecule has 3 aromatic rings. The molecule has 1 heterocycles. The van der Waals surface area contributed by atoms with E-state index < -0.39 is 11.8 Å². The molecule has 3 amide bonds. The Morgan fingerprint density at radius 1 is 0.857 bits per heavy atom. The zero-order valence-electron chi connectivity index (χ0n) is 18.7. The van der Waals surface area contributed by atoms with Crippen LogP contribution in [0.25, 0.3) is 0 Å². The molecule has 0 spiro atoms. The Morgan fingerprint density at radius 3 is 2.31 bits per heavy atom. The molecule has 3 aromatic carbocycles. The van der Waals surface area contributed by atoms with E-state index >= 15 is 0 Å². The maximum atomic E-state index is 13.0. The summed E-state index contributed by atoms with van der Waals surface area (Å²) in [7, 11) is 0. The van der Waals surface area contributed by atoms with Crippen LogP contribution in [0.4, 0.5) is 17.1 Å². The van der Waals surface area contributed by atoms with Gasteiger partial charge in [-0.1, -0.05) is 72.9 Å². The van der Waals surface area contributed by atoms with Gasteiger partial charge in [0.25, 0.3) is 17.7 Å². The number of nitrogens with one attached hydrogen (secondary N) is 2. The summed E-state index contributed by atoms with van der Waals surface area (Å²) in [5.41, 5.74) is 2.66. The molecule has 0 aliphatic carbocycles. The Hall–Kier alpha value is -3.32. The molecule has 1 aliphatic heterocycles. The molecule has 6 nitrogen and oxygen atoms in total. The minimum atomic E-state index is -0.697. The van der Waals surface area contributed by atoms with Crippen LogP contribution in [-0.4, -0.2) is 17.7 Å². The molecule has 0 aromatic heterocycles. The van der Waals surface area contributed by atoms with Crippen molar-refractivity contribution in [1.82, 2.24) is 0 Å². The average Bonchev–Trinajstić information content (AvgIpc) is 3.04. The molecule has 0 saturated carbocycles. The molecule has 1 aliphatic rings. The van der Waals surface area contributed by atoms with Crippen LogP contribution >= 0.6 is 34.8 Å². The molecule has 0 unspecified atom stereocenters. The quantitative estimate of drug-likeness (QED) is 0.345. The van der Waals surface area contributed by atoms with Crippen LogP contribution in [0.15, 0.2) is 77.5 Å². The van der Waals surface area contributed by atoms with Gasteiger partial charge in [0.1, 0.15) is 10.7 Å². The summed E-state index contributed by atoms with van der Waals surface area (Å²) in [5.74, 6) is -1.43. The summed E-state index contributed by atoms with van der Waals surface area (Å²) in [4.78, 5) is 39.6. The van der Waals surface area contributed by atoms with Gasteiger partial charge in [0.05, 0.1) is 15.7 Å². The van der Waals surface area contributed by atoms with Crippen LogP contribution in [0.5, 0.6) is 0 Å². The third-order valence-corrected chi connectivity index (χ3v) is 6.50. The van der Waals surface area contributed by atoms with Gasteiger partial charge in [-0.15, -0.1) is 0 Å². The van der Waals surface area contributed by atoms with Crippen LogP contribution in [-0.2, 0) is 9.59 Å². The summed E-state index contributed by atoms with van der Waals surface area (Å²) in [6.45, 7) is 4.10. The Kier molecular flexibility index (Phi) is 7.17. The number of hydrogen-bond donors (Lipinski definition) is 2. The first kappa shape index (κ1) is 24.8. The first-order chi connectivity index (χ1) is 16.7. The monoisotopic (exact) mass is 527 g/mol. The lowest BCUT2D eigenvalue weighted by Gasteiger charge is -2.16. The highest BCUT2D eigenvalue weighted by Gasteiger charge is 2.39. The lowest BCUT2D eigenvalue weighted by molar-refractivity contribution is -0.120. The van der Waals surface area contributed by atoms with Crippen LogP contribution in [0.1, 0.15) is 35.7 Å². The van der Waals surface area contributed by atoms with Gasteiger partial charge >= 0.3 is 0 Å². The predicted molar refractivity (Wildman–Crippen MR) is 140 cm³/mol. The third kappa shape index (κ3) is 5.05. The van der Waals surface area contributed by atoms with E-state index in [0.717, 1.165) is 16.2 Å². The van der Waals surface area contributed by atoms with Gasteiger partial charge < -0.3 is 10.6 Å². The van der Waals surface area contributed by atoms with Crippen LogP contribution in [0.2, 0.25) is 10.0 Å². The van der Waals surface area contributed by atoms with Crippen molar-refractivity contribution in [2.45, 2.75) is 19.8 Å². The molecule has 0 bridgehead atoms. The molecule has 0 fully saturated rings. The number of carbonyl (C=O) groups is 3. The van der Waals surface area contributed by atoms with Crippen LogP contribution in [0.3, 0.4) is 0 Å². The number of anilines is 3. The predicted octanol–water partition coefficient (Wildman–Crippen LogP) is 6.80. The number of para-hydroxylation sites is 1. The largest absolute Gasteiger partial charge is 0.350 e. The smallest absolute Gasteiger partial charge is 0.283 e. The van der Waals surface area contributed by atoms with Crippen LogP contribution in [0, 0.1) is 0 Å². The molecule has 35 heavy (non-hydrogen) atoms. The normalized spacial score (nSPS) is 13.6. The summed E-state index contributed by atoms with van der Waals surface area (Å²) in [5, 5.41) is 6.02. The van der Waals surface area contributed by atoms with E-state index in [1.54, 1.807) is 24.3 Å². The first-order valence-electron chi connectivity index (χ1n) is 10.7. The molecule has 0 saturated heterocycles. The number of benzene rings is 3. The Balaban J connectivity index is 1.55. The number of amides is 3. The van der Waals surface area contributed by atoms with Gasteiger partial charge in [0.15, 0.2) is 0 Å². The van der Waals surface area contributed by atoms with E-state index in [2.05, 4.69) is 10.6 Å². The van der Waals surface area contributed by atoms with Gasteiger partial charge in [-0.05, 0) is 53.9 Å². The molecule has 178 valence electrons. The standard InChI is InChI=1S/C26H20Cl3N3O3/c1-14(2)18-8-3-4-9-21(18)31-24(33)15-6-5-7-16(12-15)30-23-22(29)25(34)32(26(23)35)17-10-11-19(27)20(28)13-17/h3-14,30H,1-2H3,(H,31,33). The maximum absolute atomic E-state index is 13.0. The van der Waals surface area contributed by atoms with E-state index in [0.29, 0.717) is 11.3 Å².